The van der Waals surface area contributed by atoms with E-state index >= 15 is 0 Å². The lowest BCUT2D eigenvalue weighted by atomic mass is 9.77. The molecule has 0 unspecified atom stereocenters. The third-order valence-corrected chi connectivity index (χ3v) is 5.13. The van der Waals surface area contributed by atoms with Gasteiger partial charge in [0.05, 0.1) is 0 Å². The van der Waals surface area contributed by atoms with Crippen molar-refractivity contribution in [2.24, 2.45) is 5.73 Å². The predicted octanol–water partition coefficient (Wildman–Crippen LogP) is 3.79. The van der Waals surface area contributed by atoms with E-state index in [1.807, 2.05) is 0 Å². The van der Waals surface area contributed by atoms with Gasteiger partial charge in [0, 0.05) is 12.1 Å². The van der Waals surface area contributed by atoms with Gasteiger partial charge in [-0.2, -0.15) is 0 Å². The Morgan fingerprint density at radius 3 is 2.10 bits per heavy atom. The Balaban J connectivity index is 1.64. The Labute approximate surface area is 123 Å². The molecule has 2 N–H and O–H groups in total. The van der Waals surface area contributed by atoms with Crippen LogP contribution in [0.25, 0.3) is 0 Å². The minimum atomic E-state index is -0.0537. The molecule has 1 aliphatic carbocycles. The molecule has 2 fully saturated rings. The van der Waals surface area contributed by atoms with E-state index in [0.717, 1.165) is 19.4 Å². The number of hydrogen-bond acceptors (Lipinski definition) is 2. The van der Waals surface area contributed by atoms with Crippen LogP contribution in [0, 0.1) is 0 Å². The maximum atomic E-state index is 6.60. The van der Waals surface area contributed by atoms with Gasteiger partial charge in [0.1, 0.15) is 0 Å². The molecule has 20 heavy (non-hydrogen) atoms. The van der Waals surface area contributed by atoms with Gasteiger partial charge in [-0.1, -0.05) is 49.9 Å². The molecule has 1 heterocycles. The van der Waals surface area contributed by atoms with E-state index < -0.39 is 0 Å². The van der Waals surface area contributed by atoms with Crippen LogP contribution in [-0.4, -0.2) is 18.0 Å². The molecule has 0 aromatic heterocycles. The SMILES string of the molecule is NC1(c2ccc(CN3CCCCC3)cc2)CCCCC1. The zero-order valence-electron chi connectivity index (χ0n) is 12.6. The van der Waals surface area contributed by atoms with Crippen LogP contribution in [0.3, 0.4) is 0 Å². The Kier molecular flexibility index (Phi) is 4.42. The van der Waals surface area contributed by atoms with E-state index in [1.165, 1.54) is 62.7 Å². The molecule has 1 saturated carbocycles. The van der Waals surface area contributed by atoms with Crippen LogP contribution in [0.2, 0.25) is 0 Å². The van der Waals surface area contributed by atoms with Crippen LogP contribution in [-0.2, 0) is 12.1 Å². The lowest BCUT2D eigenvalue weighted by Gasteiger charge is -2.34. The molecule has 2 aliphatic rings. The van der Waals surface area contributed by atoms with Crippen molar-refractivity contribution in [2.75, 3.05) is 13.1 Å². The van der Waals surface area contributed by atoms with E-state index in [9.17, 15) is 0 Å². The molecule has 2 nitrogen and oxygen atoms in total. The second kappa shape index (κ2) is 6.28. The number of hydrogen-bond donors (Lipinski definition) is 1. The summed E-state index contributed by atoms with van der Waals surface area (Å²) in [4.78, 5) is 2.58. The van der Waals surface area contributed by atoms with Crippen molar-refractivity contribution in [3.05, 3.63) is 35.4 Å². The summed E-state index contributed by atoms with van der Waals surface area (Å²) in [5.41, 5.74) is 9.34. The summed E-state index contributed by atoms with van der Waals surface area (Å²) in [7, 11) is 0. The minimum absolute atomic E-state index is 0.0537. The zero-order chi connectivity index (χ0) is 13.8. The smallest absolute Gasteiger partial charge is 0.0409 e. The number of benzene rings is 1. The maximum Gasteiger partial charge on any atom is 0.0409 e. The highest BCUT2D eigenvalue weighted by Gasteiger charge is 2.29. The summed E-state index contributed by atoms with van der Waals surface area (Å²) < 4.78 is 0. The molecule has 0 amide bonds. The molecule has 1 saturated heterocycles. The quantitative estimate of drug-likeness (QED) is 0.907. The third kappa shape index (κ3) is 3.24. The Bertz CT molecular complexity index is 412. The predicted molar refractivity (Wildman–Crippen MR) is 84.5 cm³/mol. The molecular formula is C18H28N2. The van der Waals surface area contributed by atoms with Crippen LogP contribution in [0.4, 0.5) is 0 Å². The van der Waals surface area contributed by atoms with Gasteiger partial charge in [0.25, 0.3) is 0 Å². The molecule has 1 aliphatic heterocycles. The van der Waals surface area contributed by atoms with E-state index in [1.54, 1.807) is 0 Å². The molecule has 3 rings (SSSR count). The first-order chi connectivity index (χ1) is 9.76. The van der Waals surface area contributed by atoms with Gasteiger partial charge >= 0.3 is 0 Å². The summed E-state index contributed by atoms with van der Waals surface area (Å²) in [6, 6.07) is 9.16. The summed E-state index contributed by atoms with van der Waals surface area (Å²) in [6.45, 7) is 3.64. The zero-order valence-corrected chi connectivity index (χ0v) is 12.6. The van der Waals surface area contributed by atoms with Gasteiger partial charge in [0.15, 0.2) is 0 Å². The van der Waals surface area contributed by atoms with E-state index in [2.05, 4.69) is 29.2 Å². The van der Waals surface area contributed by atoms with Gasteiger partial charge in [-0.05, 0) is 49.9 Å². The number of nitrogens with zero attached hydrogens (tertiary/aromatic N) is 1. The normalized spacial score (nSPS) is 23.6. The monoisotopic (exact) mass is 272 g/mol. The first-order valence-corrected chi connectivity index (χ1v) is 8.37. The summed E-state index contributed by atoms with van der Waals surface area (Å²) >= 11 is 0. The number of rotatable bonds is 3. The summed E-state index contributed by atoms with van der Waals surface area (Å²) in [6.07, 6.45) is 10.4. The van der Waals surface area contributed by atoms with Crippen molar-refractivity contribution >= 4 is 0 Å². The second-order valence-corrected chi connectivity index (χ2v) is 6.75. The van der Waals surface area contributed by atoms with Crippen LogP contribution < -0.4 is 5.73 Å². The fourth-order valence-corrected chi connectivity index (χ4v) is 3.79. The van der Waals surface area contributed by atoms with Crippen molar-refractivity contribution in [1.29, 1.82) is 0 Å². The van der Waals surface area contributed by atoms with Crippen molar-refractivity contribution in [3.63, 3.8) is 0 Å². The molecule has 1 aromatic carbocycles. The van der Waals surface area contributed by atoms with Crippen molar-refractivity contribution in [1.82, 2.24) is 4.90 Å². The van der Waals surface area contributed by atoms with Gasteiger partial charge in [-0.3, -0.25) is 4.90 Å². The molecule has 1 aromatic rings. The molecular weight excluding hydrogens is 244 g/mol. The fourth-order valence-electron chi connectivity index (χ4n) is 3.79. The van der Waals surface area contributed by atoms with E-state index in [4.69, 9.17) is 5.73 Å². The van der Waals surface area contributed by atoms with Gasteiger partial charge < -0.3 is 5.73 Å². The average Bonchev–Trinajstić information content (AvgIpc) is 2.50. The van der Waals surface area contributed by atoms with Gasteiger partial charge in [-0.15, -0.1) is 0 Å². The number of likely N-dealkylation sites (tertiary alicyclic amines) is 1. The highest BCUT2D eigenvalue weighted by atomic mass is 15.1. The van der Waals surface area contributed by atoms with Crippen LogP contribution in [0.1, 0.15) is 62.5 Å². The molecule has 2 heteroatoms. The topological polar surface area (TPSA) is 29.3 Å². The average molecular weight is 272 g/mol. The third-order valence-electron chi connectivity index (χ3n) is 5.13. The van der Waals surface area contributed by atoms with Crippen LogP contribution >= 0.6 is 0 Å². The first-order valence-electron chi connectivity index (χ1n) is 8.37. The van der Waals surface area contributed by atoms with Crippen LogP contribution in [0.5, 0.6) is 0 Å². The summed E-state index contributed by atoms with van der Waals surface area (Å²) in [5, 5.41) is 0. The Hall–Kier alpha value is -0.860. The maximum absolute atomic E-state index is 6.60. The number of nitrogens with two attached hydrogens (primary N) is 1. The fraction of sp³-hybridized carbons (Fsp3) is 0.667. The van der Waals surface area contributed by atoms with E-state index in [-0.39, 0.29) is 5.54 Å². The largest absolute Gasteiger partial charge is 0.321 e. The highest BCUT2D eigenvalue weighted by molar-refractivity contribution is 5.28. The second-order valence-electron chi connectivity index (χ2n) is 6.75. The van der Waals surface area contributed by atoms with Crippen molar-refractivity contribution in [3.8, 4) is 0 Å². The van der Waals surface area contributed by atoms with Crippen molar-refractivity contribution < 1.29 is 0 Å². The van der Waals surface area contributed by atoms with E-state index in [0.29, 0.717) is 0 Å². The van der Waals surface area contributed by atoms with Crippen molar-refractivity contribution in [2.45, 2.75) is 63.5 Å². The standard InChI is InChI=1S/C18H28N2/c19-18(11-3-1-4-12-18)17-9-7-16(8-10-17)15-20-13-5-2-6-14-20/h7-10H,1-6,11-15,19H2. The highest BCUT2D eigenvalue weighted by Crippen LogP contribution is 2.34. The Morgan fingerprint density at radius 1 is 0.850 bits per heavy atom. The molecule has 0 radical (unpaired) electrons. The van der Waals surface area contributed by atoms with Gasteiger partial charge in [0.2, 0.25) is 0 Å². The minimum Gasteiger partial charge on any atom is -0.321 e. The summed E-state index contributed by atoms with van der Waals surface area (Å²) in [5.74, 6) is 0. The van der Waals surface area contributed by atoms with Gasteiger partial charge in [-0.25, -0.2) is 0 Å². The molecule has 0 spiro atoms. The van der Waals surface area contributed by atoms with Crippen LogP contribution in [0.15, 0.2) is 24.3 Å². The first kappa shape index (κ1) is 14.1. The molecule has 110 valence electrons. The lowest BCUT2D eigenvalue weighted by Crippen LogP contribution is -2.38. The molecule has 0 bridgehead atoms. The molecule has 0 atom stereocenters. The number of piperidine rings is 1. The lowest BCUT2D eigenvalue weighted by molar-refractivity contribution is 0.221. The Morgan fingerprint density at radius 2 is 1.45 bits per heavy atom.